The molecule has 0 unspecified atom stereocenters. The molecule has 2 heterocycles. The first-order valence-corrected chi connectivity index (χ1v) is 9.54. The lowest BCUT2D eigenvalue weighted by molar-refractivity contribution is 0.0681. The minimum Gasteiger partial charge on any atom is -0.497 e. The molecule has 1 fully saturated rings. The van der Waals surface area contributed by atoms with Crippen LogP contribution in [0, 0.1) is 0 Å². The summed E-state index contributed by atoms with van der Waals surface area (Å²) >= 11 is 0. The summed E-state index contributed by atoms with van der Waals surface area (Å²) in [7, 11) is 1.66. The molecule has 7 heteroatoms. The number of rotatable bonds is 4. The van der Waals surface area contributed by atoms with Crippen molar-refractivity contribution in [1.29, 1.82) is 0 Å². The summed E-state index contributed by atoms with van der Waals surface area (Å²) in [6, 6.07) is 15.6. The number of carbonyl (C=O) groups is 1. The zero-order chi connectivity index (χ0) is 19.3. The van der Waals surface area contributed by atoms with Crippen LogP contribution in [0.25, 0.3) is 5.69 Å². The number of benzene rings is 2. The van der Waals surface area contributed by atoms with Gasteiger partial charge in [-0.25, -0.2) is 4.68 Å². The number of nitrogens with zero attached hydrogens (tertiary/aromatic N) is 5. The summed E-state index contributed by atoms with van der Waals surface area (Å²) in [5.41, 5.74) is 2.56. The Labute approximate surface area is 163 Å². The summed E-state index contributed by atoms with van der Waals surface area (Å²) < 4.78 is 6.83. The molecule has 0 saturated carbocycles. The number of tetrazole rings is 1. The van der Waals surface area contributed by atoms with Crippen molar-refractivity contribution in [2.24, 2.45) is 0 Å². The van der Waals surface area contributed by atoms with Crippen LogP contribution in [-0.4, -0.2) is 44.7 Å². The van der Waals surface area contributed by atoms with Crippen molar-refractivity contribution < 1.29 is 9.53 Å². The summed E-state index contributed by atoms with van der Waals surface area (Å²) in [5, 5.41) is 11.2. The maximum Gasteiger partial charge on any atom is 0.254 e. The van der Waals surface area contributed by atoms with E-state index in [0.29, 0.717) is 5.56 Å². The highest BCUT2D eigenvalue weighted by atomic mass is 16.5. The average Bonchev–Trinajstić information content (AvgIpc) is 3.18. The molecule has 0 bridgehead atoms. The van der Waals surface area contributed by atoms with Crippen LogP contribution in [0.2, 0.25) is 0 Å². The predicted octanol–water partition coefficient (Wildman–Crippen LogP) is 3.43. The van der Waals surface area contributed by atoms with Crippen LogP contribution >= 0.6 is 0 Å². The highest BCUT2D eigenvalue weighted by Crippen LogP contribution is 2.32. The lowest BCUT2D eigenvalue weighted by Crippen LogP contribution is -2.34. The van der Waals surface area contributed by atoms with E-state index in [1.807, 2.05) is 41.3 Å². The van der Waals surface area contributed by atoms with Gasteiger partial charge in [0.15, 0.2) is 0 Å². The van der Waals surface area contributed by atoms with Gasteiger partial charge in [0.05, 0.1) is 18.8 Å². The molecule has 2 aromatic carbocycles. The van der Waals surface area contributed by atoms with E-state index in [9.17, 15) is 4.79 Å². The van der Waals surface area contributed by atoms with Gasteiger partial charge in [0.25, 0.3) is 5.91 Å². The highest BCUT2D eigenvalue weighted by molar-refractivity contribution is 5.95. The van der Waals surface area contributed by atoms with Crippen molar-refractivity contribution in [3.63, 3.8) is 0 Å². The largest absolute Gasteiger partial charge is 0.497 e. The van der Waals surface area contributed by atoms with Gasteiger partial charge >= 0.3 is 0 Å². The molecule has 1 saturated heterocycles. The van der Waals surface area contributed by atoms with Gasteiger partial charge in [-0.3, -0.25) is 4.79 Å². The first-order valence-electron chi connectivity index (χ1n) is 9.54. The quantitative estimate of drug-likeness (QED) is 0.696. The number of hydrogen-bond acceptors (Lipinski definition) is 5. The van der Waals surface area contributed by atoms with Gasteiger partial charge < -0.3 is 9.64 Å². The molecule has 0 aliphatic carbocycles. The second kappa shape index (κ2) is 8.21. The van der Waals surface area contributed by atoms with Gasteiger partial charge in [-0.05, 0) is 59.2 Å². The van der Waals surface area contributed by atoms with Crippen LogP contribution in [0.4, 0.5) is 0 Å². The van der Waals surface area contributed by atoms with Gasteiger partial charge in [-0.15, -0.1) is 5.10 Å². The maximum absolute atomic E-state index is 13.4. The lowest BCUT2D eigenvalue weighted by atomic mass is 10.00. The Bertz CT molecular complexity index is 924. The second-order valence-corrected chi connectivity index (χ2v) is 6.94. The van der Waals surface area contributed by atoms with Crippen molar-refractivity contribution in [3.8, 4) is 11.4 Å². The van der Waals surface area contributed by atoms with Crippen LogP contribution in [0.3, 0.4) is 0 Å². The van der Waals surface area contributed by atoms with Crippen molar-refractivity contribution in [2.75, 3.05) is 13.7 Å². The monoisotopic (exact) mass is 377 g/mol. The molecule has 3 aromatic rings. The Balaban J connectivity index is 1.64. The fourth-order valence-corrected chi connectivity index (χ4v) is 3.75. The first-order chi connectivity index (χ1) is 13.8. The zero-order valence-electron chi connectivity index (χ0n) is 15.9. The fraction of sp³-hybridized carbons (Fsp3) is 0.333. The molecule has 1 atom stereocenters. The molecule has 28 heavy (non-hydrogen) atoms. The molecule has 0 N–H and O–H groups in total. The van der Waals surface area contributed by atoms with E-state index in [0.717, 1.165) is 49.2 Å². The number of carbonyl (C=O) groups excluding carboxylic acids is 1. The van der Waals surface area contributed by atoms with Crippen LogP contribution < -0.4 is 4.74 Å². The predicted molar refractivity (Wildman–Crippen MR) is 104 cm³/mol. The Hall–Kier alpha value is -3.22. The summed E-state index contributed by atoms with van der Waals surface area (Å²) in [6.45, 7) is 0.755. The van der Waals surface area contributed by atoms with Gasteiger partial charge in [-0.1, -0.05) is 31.0 Å². The molecule has 1 aliphatic heterocycles. The molecule has 144 valence electrons. The number of amides is 1. The van der Waals surface area contributed by atoms with Crippen molar-refractivity contribution >= 4 is 5.91 Å². The van der Waals surface area contributed by atoms with Gasteiger partial charge in [0, 0.05) is 12.1 Å². The molecule has 0 spiro atoms. The van der Waals surface area contributed by atoms with E-state index in [2.05, 4.69) is 27.7 Å². The van der Waals surface area contributed by atoms with Crippen LogP contribution in [-0.2, 0) is 0 Å². The first kappa shape index (κ1) is 18.2. The minimum atomic E-state index is 0.0395. The number of ether oxygens (including phenoxy) is 1. The Morgan fingerprint density at radius 2 is 1.96 bits per heavy atom. The SMILES string of the molecule is COc1ccc([C@H]2CCCCCN2C(=O)c2cccc(-n3cnnn3)c2)cc1. The third-order valence-corrected chi connectivity index (χ3v) is 5.22. The van der Waals surface area contributed by atoms with E-state index in [4.69, 9.17) is 4.74 Å². The summed E-state index contributed by atoms with van der Waals surface area (Å²) in [6.07, 6.45) is 5.76. The highest BCUT2D eigenvalue weighted by Gasteiger charge is 2.27. The minimum absolute atomic E-state index is 0.0395. The smallest absolute Gasteiger partial charge is 0.254 e. The molecule has 1 amide bonds. The average molecular weight is 377 g/mol. The van der Waals surface area contributed by atoms with E-state index < -0.39 is 0 Å². The summed E-state index contributed by atoms with van der Waals surface area (Å²) in [4.78, 5) is 15.4. The number of hydrogen-bond donors (Lipinski definition) is 0. The topological polar surface area (TPSA) is 73.1 Å². The third-order valence-electron chi connectivity index (χ3n) is 5.22. The molecule has 0 radical (unpaired) electrons. The lowest BCUT2D eigenvalue weighted by Gasteiger charge is -2.31. The van der Waals surface area contributed by atoms with Gasteiger partial charge in [0.1, 0.15) is 12.1 Å². The Morgan fingerprint density at radius 3 is 2.71 bits per heavy atom. The van der Waals surface area contributed by atoms with E-state index in [1.165, 1.54) is 6.33 Å². The second-order valence-electron chi connectivity index (χ2n) is 6.94. The molecular weight excluding hydrogens is 354 g/mol. The van der Waals surface area contributed by atoms with Crippen molar-refractivity contribution in [1.82, 2.24) is 25.1 Å². The molecule has 4 rings (SSSR count). The molecule has 7 nitrogen and oxygen atoms in total. The zero-order valence-corrected chi connectivity index (χ0v) is 15.9. The number of methoxy groups -OCH3 is 1. The van der Waals surface area contributed by atoms with E-state index in [1.54, 1.807) is 11.8 Å². The maximum atomic E-state index is 13.4. The van der Waals surface area contributed by atoms with E-state index in [-0.39, 0.29) is 11.9 Å². The summed E-state index contributed by atoms with van der Waals surface area (Å²) in [5.74, 6) is 0.863. The molecular formula is C21H23N5O2. The van der Waals surface area contributed by atoms with Crippen molar-refractivity contribution in [3.05, 3.63) is 66.0 Å². The van der Waals surface area contributed by atoms with E-state index >= 15 is 0 Å². The van der Waals surface area contributed by atoms with Crippen molar-refractivity contribution in [2.45, 2.75) is 31.7 Å². The van der Waals surface area contributed by atoms with Gasteiger partial charge in [-0.2, -0.15) is 0 Å². The number of likely N-dealkylation sites (tertiary alicyclic amines) is 1. The van der Waals surface area contributed by atoms with Gasteiger partial charge in [0.2, 0.25) is 0 Å². The van der Waals surface area contributed by atoms with Crippen LogP contribution in [0.15, 0.2) is 54.9 Å². The molecule has 1 aliphatic rings. The Morgan fingerprint density at radius 1 is 1.11 bits per heavy atom. The molecule has 1 aromatic heterocycles. The number of aromatic nitrogens is 4. The fourth-order valence-electron chi connectivity index (χ4n) is 3.75. The Kier molecular flexibility index (Phi) is 5.32. The standard InChI is InChI=1S/C21H23N5O2/c1-28-19-11-9-16(10-12-19)20-8-3-2-4-13-25(20)21(27)17-6-5-7-18(14-17)26-15-22-23-24-26/h5-7,9-12,14-15,20H,2-4,8,13H2,1H3/t20-/m1/s1. The van der Waals surface area contributed by atoms with Crippen LogP contribution in [0.5, 0.6) is 5.75 Å². The van der Waals surface area contributed by atoms with Crippen LogP contribution in [0.1, 0.15) is 47.6 Å². The third kappa shape index (κ3) is 3.74. The normalized spacial score (nSPS) is 17.2.